The smallest absolute Gasteiger partial charge is 0.293 e. The Hall–Kier alpha value is -1.88. The summed E-state index contributed by atoms with van der Waals surface area (Å²) in [6.07, 6.45) is 5.05. The van der Waals surface area contributed by atoms with E-state index in [0.29, 0.717) is 12.4 Å². The van der Waals surface area contributed by atoms with Crippen LogP contribution in [0.25, 0.3) is 6.08 Å². The van der Waals surface area contributed by atoms with Gasteiger partial charge in [0.05, 0.1) is 5.69 Å². The van der Waals surface area contributed by atoms with Crippen LogP contribution in [0.5, 0.6) is 0 Å². The van der Waals surface area contributed by atoms with Crippen LogP contribution in [0.4, 0.5) is 0 Å². The average molecular weight is 319 g/mol. The lowest BCUT2D eigenvalue weighted by atomic mass is 10.1. The maximum absolute atomic E-state index is 9.60. The van der Waals surface area contributed by atoms with Crippen molar-refractivity contribution >= 4 is 12.5 Å². The fourth-order valence-corrected chi connectivity index (χ4v) is 2.34. The first-order valence-corrected chi connectivity index (χ1v) is 7.93. The lowest BCUT2D eigenvalue weighted by Gasteiger charge is -2.14. The van der Waals surface area contributed by atoms with E-state index in [9.17, 15) is 4.79 Å². The van der Waals surface area contributed by atoms with Crippen molar-refractivity contribution in [2.24, 2.45) is 11.7 Å². The molecule has 1 fully saturated rings. The molecule has 0 radical (unpaired) electrons. The van der Waals surface area contributed by atoms with Gasteiger partial charge in [-0.1, -0.05) is 6.07 Å². The third-order valence-electron chi connectivity index (χ3n) is 3.43. The minimum absolute atomic E-state index is 0.318. The summed E-state index contributed by atoms with van der Waals surface area (Å²) in [7, 11) is 2.00. The Balaban J connectivity index is 0.000000322. The zero-order valence-electron chi connectivity index (χ0n) is 14.8. The van der Waals surface area contributed by atoms with Gasteiger partial charge in [-0.3, -0.25) is 9.78 Å². The van der Waals surface area contributed by atoms with Crippen molar-refractivity contribution in [1.82, 2.24) is 10.3 Å². The highest BCUT2D eigenvalue weighted by Crippen LogP contribution is 2.47. The predicted octanol–water partition coefficient (Wildman–Crippen LogP) is 2.68. The first-order chi connectivity index (χ1) is 10.8. The van der Waals surface area contributed by atoms with Gasteiger partial charge in [0.25, 0.3) is 6.47 Å². The molecule has 3 N–H and O–H groups in total. The van der Waals surface area contributed by atoms with Crippen molar-refractivity contribution in [2.45, 2.75) is 45.6 Å². The predicted molar refractivity (Wildman–Crippen MR) is 93.8 cm³/mol. The number of nitrogens with two attached hydrogens (primary N) is 1. The van der Waals surface area contributed by atoms with Gasteiger partial charge in [0, 0.05) is 11.9 Å². The van der Waals surface area contributed by atoms with Crippen LogP contribution >= 0.6 is 0 Å². The quantitative estimate of drug-likeness (QED) is 0.816. The molecule has 5 nitrogen and oxygen atoms in total. The molecule has 128 valence electrons. The molecule has 23 heavy (non-hydrogen) atoms. The van der Waals surface area contributed by atoms with Crippen molar-refractivity contribution in [1.29, 1.82) is 0 Å². The molecule has 1 saturated carbocycles. The number of ether oxygens (including phenoxy) is 1. The molecule has 0 spiro atoms. The summed E-state index contributed by atoms with van der Waals surface area (Å²) in [6.45, 7) is 8.91. The molecule has 1 heterocycles. The summed E-state index contributed by atoms with van der Waals surface area (Å²) >= 11 is 0. The Morgan fingerprint density at radius 2 is 2.22 bits per heavy atom. The van der Waals surface area contributed by atoms with Gasteiger partial charge < -0.3 is 15.8 Å². The van der Waals surface area contributed by atoms with E-state index < -0.39 is 0 Å². The Bertz CT molecular complexity index is 531. The maximum atomic E-state index is 9.60. The molecule has 1 aromatic rings. The lowest BCUT2D eigenvalue weighted by Crippen LogP contribution is -2.17. The second kappa shape index (κ2) is 8.67. The molecule has 5 heteroatoms. The van der Waals surface area contributed by atoms with Crippen LogP contribution in [0.1, 0.15) is 51.3 Å². The van der Waals surface area contributed by atoms with E-state index in [4.69, 9.17) is 5.73 Å². The van der Waals surface area contributed by atoms with E-state index in [1.807, 2.05) is 53.1 Å². The summed E-state index contributed by atoms with van der Waals surface area (Å²) in [5.74, 6) is 1.42. The highest BCUT2D eigenvalue weighted by molar-refractivity contribution is 5.53. The SMILES string of the molecule is CC(C)(C)OC=O.CNCC1CC1c1cccnc1/C=C(/C)N. The zero-order chi connectivity index (χ0) is 17.5. The number of aromatic nitrogens is 1. The molecule has 0 aliphatic heterocycles. The second-order valence-corrected chi connectivity index (χ2v) is 6.85. The van der Waals surface area contributed by atoms with Gasteiger partial charge in [-0.25, -0.2) is 0 Å². The minimum atomic E-state index is -0.318. The van der Waals surface area contributed by atoms with Crippen molar-refractivity contribution in [3.05, 3.63) is 35.3 Å². The van der Waals surface area contributed by atoms with Crippen LogP contribution in [-0.2, 0) is 9.53 Å². The van der Waals surface area contributed by atoms with E-state index in [0.717, 1.165) is 23.9 Å². The molecule has 2 unspecified atom stereocenters. The Labute approximate surface area is 139 Å². The Morgan fingerprint density at radius 3 is 2.70 bits per heavy atom. The van der Waals surface area contributed by atoms with Crippen LogP contribution in [0.3, 0.4) is 0 Å². The first kappa shape index (κ1) is 19.2. The minimum Gasteiger partial charge on any atom is -0.462 e. The van der Waals surface area contributed by atoms with E-state index >= 15 is 0 Å². The standard InChI is InChI=1S/C13H19N3.C5H10O2/c1-9(14)6-13-11(4-3-5-16-13)12-7-10(12)8-15-2;1-5(2,3)7-4-6/h3-6,10,12,15H,7-8,14H2,1-2H3;4H,1-3H3/b9-6-;. The van der Waals surface area contributed by atoms with Gasteiger partial charge in [0.2, 0.25) is 0 Å². The topological polar surface area (TPSA) is 77.2 Å². The number of nitrogens with one attached hydrogen (secondary N) is 1. The van der Waals surface area contributed by atoms with Crippen LogP contribution < -0.4 is 11.1 Å². The molecule has 0 saturated heterocycles. The average Bonchev–Trinajstić information content (AvgIpc) is 3.17. The van der Waals surface area contributed by atoms with Gasteiger partial charge >= 0.3 is 0 Å². The molecule has 1 aliphatic carbocycles. The first-order valence-electron chi connectivity index (χ1n) is 7.93. The highest BCUT2D eigenvalue weighted by atomic mass is 16.5. The fraction of sp³-hybridized carbons (Fsp3) is 0.556. The second-order valence-electron chi connectivity index (χ2n) is 6.85. The molecular weight excluding hydrogens is 290 g/mol. The summed E-state index contributed by atoms with van der Waals surface area (Å²) in [4.78, 5) is 14.0. The van der Waals surface area contributed by atoms with Gasteiger partial charge in [-0.15, -0.1) is 0 Å². The van der Waals surface area contributed by atoms with Crippen molar-refractivity contribution in [2.75, 3.05) is 13.6 Å². The summed E-state index contributed by atoms with van der Waals surface area (Å²) < 4.78 is 4.55. The van der Waals surface area contributed by atoms with E-state index in [1.54, 1.807) is 0 Å². The summed E-state index contributed by atoms with van der Waals surface area (Å²) in [5, 5.41) is 3.23. The number of carbonyl (C=O) groups is 1. The van der Waals surface area contributed by atoms with Crippen LogP contribution in [0, 0.1) is 5.92 Å². The fourth-order valence-electron chi connectivity index (χ4n) is 2.34. The molecule has 0 aromatic carbocycles. The number of nitrogens with zero attached hydrogens (tertiary/aromatic N) is 1. The normalized spacial score (nSPS) is 20.3. The van der Waals surface area contributed by atoms with E-state index in [1.165, 1.54) is 12.0 Å². The molecule has 1 aromatic heterocycles. The van der Waals surface area contributed by atoms with Crippen LogP contribution in [0.15, 0.2) is 24.0 Å². The number of allylic oxidation sites excluding steroid dienone is 1. The number of pyridine rings is 1. The van der Waals surface area contributed by atoms with Crippen molar-refractivity contribution in [3.63, 3.8) is 0 Å². The zero-order valence-corrected chi connectivity index (χ0v) is 14.8. The summed E-state index contributed by atoms with van der Waals surface area (Å²) in [5.41, 5.74) is 8.58. The Morgan fingerprint density at radius 1 is 1.52 bits per heavy atom. The van der Waals surface area contributed by atoms with Crippen molar-refractivity contribution < 1.29 is 9.53 Å². The van der Waals surface area contributed by atoms with Crippen LogP contribution in [-0.4, -0.2) is 30.6 Å². The highest BCUT2D eigenvalue weighted by Gasteiger charge is 2.38. The molecule has 1 aliphatic rings. The molecule has 2 rings (SSSR count). The third-order valence-corrected chi connectivity index (χ3v) is 3.43. The molecule has 0 bridgehead atoms. The monoisotopic (exact) mass is 319 g/mol. The summed E-state index contributed by atoms with van der Waals surface area (Å²) in [6, 6.07) is 4.18. The van der Waals surface area contributed by atoms with Crippen LogP contribution in [0.2, 0.25) is 0 Å². The van der Waals surface area contributed by atoms with Gasteiger partial charge in [0.15, 0.2) is 0 Å². The van der Waals surface area contributed by atoms with Gasteiger partial charge in [-0.05, 0) is 77.2 Å². The van der Waals surface area contributed by atoms with Crippen molar-refractivity contribution in [3.8, 4) is 0 Å². The number of carbonyl (C=O) groups excluding carboxylic acids is 1. The Kier molecular flexibility index (Phi) is 7.23. The van der Waals surface area contributed by atoms with E-state index in [-0.39, 0.29) is 5.60 Å². The maximum Gasteiger partial charge on any atom is 0.293 e. The lowest BCUT2D eigenvalue weighted by molar-refractivity contribution is -0.138. The molecule has 0 amide bonds. The largest absolute Gasteiger partial charge is 0.462 e. The number of hydrogen-bond acceptors (Lipinski definition) is 5. The van der Waals surface area contributed by atoms with Gasteiger partial charge in [0.1, 0.15) is 5.60 Å². The number of hydrogen-bond donors (Lipinski definition) is 2. The third kappa shape index (κ3) is 7.28. The number of rotatable bonds is 5. The van der Waals surface area contributed by atoms with E-state index in [2.05, 4.69) is 21.1 Å². The van der Waals surface area contributed by atoms with Gasteiger partial charge in [-0.2, -0.15) is 0 Å². The molecular formula is C18H29N3O2. The molecule has 2 atom stereocenters.